The number of fused-ring (bicyclic) bond motifs is 3. The van der Waals surface area contributed by atoms with Crippen molar-refractivity contribution in [1.29, 1.82) is 15.8 Å². The number of nitriles is 3. The second-order valence-electron chi connectivity index (χ2n) is 26.6. The summed E-state index contributed by atoms with van der Waals surface area (Å²) in [6, 6.07) is 46.2. The SMILES string of the molecule is CC1(NC2CCN(c3cccc(-c4ccc5c(c4)OCCO5)c3C#N)CC2)CC1.N#Cc1c(-c2ccc3c(c2)OCCO3)cccc1N1CCC(NC2CC(CO)C2)CC1.N#Cc1c(-c2ccc3c(c2)OCCO3)cccc1N1CCC(NC2CCC(O)CC2)CC1. The van der Waals surface area contributed by atoms with Gasteiger partial charge in [0.2, 0.25) is 0 Å². The molecule has 5 N–H and O–H groups in total. The third kappa shape index (κ3) is 14.5. The molecule has 6 heterocycles. The summed E-state index contributed by atoms with van der Waals surface area (Å²) in [6.07, 6.45) is 15.1. The van der Waals surface area contributed by atoms with Crippen LogP contribution in [-0.4, -0.2) is 138 Å². The van der Waals surface area contributed by atoms with Crippen LogP contribution in [0.25, 0.3) is 33.4 Å². The van der Waals surface area contributed by atoms with E-state index < -0.39 is 0 Å². The van der Waals surface area contributed by atoms with Crippen LogP contribution in [0.3, 0.4) is 0 Å². The predicted octanol–water partition coefficient (Wildman–Crippen LogP) is 11.3. The minimum atomic E-state index is -0.110. The number of nitrogens with zero attached hydrogens (tertiary/aromatic N) is 6. The van der Waals surface area contributed by atoms with E-state index in [9.17, 15) is 26.0 Å². The fourth-order valence-corrected chi connectivity index (χ4v) is 14.7. The lowest BCUT2D eigenvalue weighted by atomic mass is 9.80. The van der Waals surface area contributed by atoms with Crippen LogP contribution in [0.5, 0.6) is 34.5 Å². The zero-order valence-corrected chi connectivity index (χ0v) is 53.1. The molecule has 6 aromatic carbocycles. The van der Waals surface area contributed by atoms with Gasteiger partial charge in [-0.25, -0.2) is 0 Å². The van der Waals surface area contributed by atoms with E-state index in [4.69, 9.17) is 28.4 Å². The van der Waals surface area contributed by atoms with Gasteiger partial charge < -0.3 is 69.3 Å². The number of nitrogens with one attached hydrogen (secondary N) is 3. The van der Waals surface area contributed by atoms with E-state index in [1.54, 1.807) is 0 Å². The number of benzene rings is 6. The fourth-order valence-electron chi connectivity index (χ4n) is 14.7. The van der Waals surface area contributed by atoms with Crippen LogP contribution in [0, 0.1) is 39.9 Å². The molecule has 17 nitrogen and oxygen atoms in total. The molecule has 9 aliphatic rings. The molecule has 3 saturated carbocycles. The van der Waals surface area contributed by atoms with E-state index in [-0.39, 0.29) is 6.10 Å². The second kappa shape index (κ2) is 28.8. The van der Waals surface area contributed by atoms with Crippen molar-refractivity contribution in [1.82, 2.24) is 16.0 Å². The molecule has 6 fully saturated rings. The number of hydrogen-bond donors (Lipinski definition) is 5. The molecule has 0 bridgehead atoms. The number of hydrogen-bond acceptors (Lipinski definition) is 17. The van der Waals surface area contributed by atoms with Gasteiger partial charge in [0.25, 0.3) is 0 Å². The Balaban J connectivity index is 0.000000126. The Kier molecular flexibility index (Phi) is 19.6. The topological polar surface area (TPSA) is 213 Å². The summed E-state index contributed by atoms with van der Waals surface area (Å²) in [5.41, 5.74) is 11.4. The molecule has 0 aromatic heterocycles. The average molecular weight is 1240 g/mol. The quantitative estimate of drug-likeness (QED) is 0.0727. The summed E-state index contributed by atoms with van der Waals surface area (Å²) < 4.78 is 34.1. The van der Waals surface area contributed by atoms with Crippen LogP contribution in [0.2, 0.25) is 0 Å². The smallest absolute Gasteiger partial charge is 0.161 e. The zero-order chi connectivity index (χ0) is 63.0. The zero-order valence-electron chi connectivity index (χ0n) is 53.1. The molecule has 3 saturated heterocycles. The highest BCUT2D eigenvalue weighted by atomic mass is 16.6. The Bertz CT molecular complexity index is 3670. The van der Waals surface area contributed by atoms with Gasteiger partial charge in [-0.15, -0.1) is 0 Å². The Morgan fingerprint density at radius 3 is 1.12 bits per heavy atom. The van der Waals surface area contributed by atoms with Crippen LogP contribution >= 0.6 is 0 Å². The summed E-state index contributed by atoms with van der Waals surface area (Å²) in [7, 11) is 0. The maximum absolute atomic E-state index is 10.1. The molecule has 0 atom stereocenters. The van der Waals surface area contributed by atoms with E-state index in [1.165, 1.54) is 12.8 Å². The number of piperidine rings is 3. The Hall–Kier alpha value is -8.21. The van der Waals surface area contributed by atoms with Crippen molar-refractivity contribution in [2.75, 3.05) is 100 Å². The monoisotopic (exact) mass is 1240 g/mol. The Morgan fingerprint density at radius 2 is 0.772 bits per heavy atom. The van der Waals surface area contributed by atoms with E-state index in [1.807, 2.05) is 84.9 Å². The summed E-state index contributed by atoms with van der Waals surface area (Å²) in [5, 5.41) is 60.4. The lowest BCUT2D eigenvalue weighted by Gasteiger charge is -2.41. The molecule has 92 heavy (non-hydrogen) atoms. The van der Waals surface area contributed by atoms with Gasteiger partial charge in [-0.3, -0.25) is 0 Å². The summed E-state index contributed by atoms with van der Waals surface area (Å²) in [4.78, 5) is 7.06. The lowest BCUT2D eigenvalue weighted by molar-refractivity contribution is 0.113. The first kappa shape index (κ1) is 62.6. The summed E-state index contributed by atoms with van der Waals surface area (Å²) in [5.74, 6) is 5.01. The van der Waals surface area contributed by atoms with Crippen LogP contribution in [-0.2, 0) is 0 Å². The Labute approximate surface area is 541 Å². The first-order chi connectivity index (χ1) is 45.1. The average Bonchev–Trinajstić information content (AvgIpc) is 1.25. The van der Waals surface area contributed by atoms with Crippen LogP contribution in [0.1, 0.15) is 114 Å². The maximum atomic E-state index is 10.1. The van der Waals surface area contributed by atoms with Crippen molar-refractivity contribution in [2.24, 2.45) is 5.92 Å². The third-order valence-corrected chi connectivity index (χ3v) is 20.2. The normalized spacial score (nSPS) is 22.4. The van der Waals surface area contributed by atoms with Gasteiger partial charge in [-0.2, -0.15) is 15.8 Å². The van der Waals surface area contributed by atoms with Crippen molar-refractivity contribution in [3.8, 4) is 86.1 Å². The molecule has 0 spiro atoms. The standard InChI is InChI=1S/C26H31N3O3.C25H29N3O3.C24H27N3O2/c27-17-23-22(18-4-9-25-26(16-18)32-15-14-31-25)2-1-3-24(23)29-12-10-20(11-13-29)28-19-5-7-21(30)8-6-19;26-15-22-21(18-4-5-24-25(14-18)31-11-10-30-24)2-1-3-23(22)28-8-6-19(7-9-28)27-20-12-17(13-20)16-29;1-24(9-10-24)26-18-7-11-27(12-8-18)21-4-2-3-19(20(21)16-25)17-5-6-22-23(15-17)29-14-13-28-22/h1-4,9,16,19-21,28,30H,5-8,10-15H2;1-5,14,17,19-20,27,29H,6-13,16H2;2-6,15,18,26H,7-14H2,1H3. The number of aliphatic hydroxyl groups excluding tert-OH is 2. The van der Waals surface area contributed by atoms with Gasteiger partial charge in [0.1, 0.15) is 57.8 Å². The predicted molar refractivity (Wildman–Crippen MR) is 357 cm³/mol. The van der Waals surface area contributed by atoms with Crippen molar-refractivity contribution >= 4 is 17.1 Å². The number of rotatable bonds is 13. The molecular weight excluding hydrogens is 1150 g/mol. The van der Waals surface area contributed by atoms with Crippen LogP contribution in [0.4, 0.5) is 17.1 Å². The summed E-state index contributed by atoms with van der Waals surface area (Å²) in [6.45, 7) is 11.7. The van der Waals surface area contributed by atoms with Gasteiger partial charge >= 0.3 is 0 Å². The molecule has 3 aliphatic carbocycles. The largest absolute Gasteiger partial charge is 0.486 e. The molecule has 0 unspecified atom stereocenters. The van der Waals surface area contributed by atoms with E-state index in [0.29, 0.717) is 87.9 Å². The number of anilines is 3. The van der Waals surface area contributed by atoms with Crippen molar-refractivity contribution in [2.45, 2.75) is 139 Å². The number of ether oxygens (including phenoxy) is 6. The lowest BCUT2D eigenvalue weighted by Crippen LogP contribution is -2.51. The van der Waals surface area contributed by atoms with Crippen molar-refractivity contribution < 1.29 is 38.6 Å². The highest BCUT2D eigenvalue weighted by Crippen LogP contribution is 2.43. The van der Waals surface area contributed by atoms with E-state index in [2.05, 4.69) is 80.0 Å². The molecule has 17 heteroatoms. The van der Waals surface area contributed by atoms with Crippen LogP contribution in [0.15, 0.2) is 109 Å². The molecular formula is C75H87N9O8. The van der Waals surface area contributed by atoms with E-state index in [0.717, 1.165) is 218 Å². The fraction of sp³-hybridized carbons (Fsp3) is 0.480. The van der Waals surface area contributed by atoms with Gasteiger partial charge in [-0.1, -0.05) is 54.6 Å². The van der Waals surface area contributed by atoms with Gasteiger partial charge in [0.05, 0.1) is 39.9 Å². The second-order valence-corrected chi connectivity index (χ2v) is 26.6. The molecule has 0 radical (unpaired) electrons. The first-order valence-electron chi connectivity index (χ1n) is 33.7. The van der Waals surface area contributed by atoms with Crippen molar-refractivity contribution in [3.05, 3.63) is 126 Å². The highest BCUT2D eigenvalue weighted by Gasteiger charge is 2.40. The van der Waals surface area contributed by atoms with Gasteiger partial charge in [0.15, 0.2) is 34.5 Å². The number of aliphatic hydroxyl groups is 2. The first-order valence-corrected chi connectivity index (χ1v) is 33.7. The Morgan fingerprint density at radius 1 is 0.435 bits per heavy atom. The molecule has 0 amide bonds. The molecule has 15 rings (SSSR count). The van der Waals surface area contributed by atoms with Crippen LogP contribution < -0.4 is 59.1 Å². The highest BCUT2D eigenvalue weighted by molar-refractivity contribution is 5.82. The van der Waals surface area contributed by atoms with Gasteiger partial charge in [-0.05, 0) is 174 Å². The minimum Gasteiger partial charge on any atom is -0.486 e. The maximum Gasteiger partial charge on any atom is 0.161 e. The minimum absolute atomic E-state index is 0.110. The third-order valence-electron chi connectivity index (χ3n) is 20.2. The molecule has 6 aliphatic heterocycles. The van der Waals surface area contributed by atoms with Crippen molar-refractivity contribution in [3.63, 3.8) is 0 Å². The van der Waals surface area contributed by atoms with E-state index >= 15 is 0 Å². The summed E-state index contributed by atoms with van der Waals surface area (Å²) >= 11 is 0. The van der Waals surface area contributed by atoms with Gasteiger partial charge in [0, 0.05) is 98.3 Å². The molecule has 480 valence electrons. The molecule has 6 aromatic rings.